The van der Waals surface area contributed by atoms with E-state index in [1.54, 1.807) is 0 Å². The van der Waals surface area contributed by atoms with Crippen LogP contribution in [-0.4, -0.2) is 18.5 Å². The molecule has 1 amide bonds. The molecule has 1 saturated heterocycles. The first-order valence-electron chi connectivity index (χ1n) is 7.39. The Morgan fingerprint density at radius 2 is 2.05 bits per heavy atom. The minimum Gasteiger partial charge on any atom is -0.383 e. The summed E-state index contributed by atoms with van der Waals surface area (Å²) in [5.74, 6) is 1.20. The molecule has 1 aromatic carbocycles. The van der Waals surface area contributed by atoms with E-state index in [1.165, 1.54) is 19.3 Å². The molecule has 1 unspecified atom stereocenters. The SMILES string of the molecule is CC(CC1CC1)Nc1ccc(N2CCCC2=O)cc1. The third-order valence-electron chi connectivity index (χ3n) is 4.05. The molecule has 2 fully saturated rings. The van der Waals surface area contributed by atoms with E-state index in [0.29, 0.717) is 12.5 Å². The molecule has 1 atom stereocenters. The normalized spacial score (nSPS) is 20.7. The molecule has 0 spiro atoms. The Morgan fingerprint density at radius 1 is 1.32 bits per heavy atom. The molecule has 0 bridgehead atoms. The highest BCUT2D eigenvalue weighted by molar-refractivity contribution is 5.95. The van der Waals surface area contributed by atoms with Crippen LogP contribution in [0.2, 0.25) is 0 Å². The van der Waals surface area contributed by atoms with Gasteiger partial charge in [-0.15, -0.1) is 0 Å². The molecule has 19 heavy (non-hydrogen) atoms. The molecule has 3 nitrogen and oxygen atoms in total. The number of benzene rings is 1. The second kappa shape index (κ2) is 5.24. The van der Waals surface area contributed by atoms with Gasteiger partial charge in [0.2, 0.25) is 5.91 Å². The van der Waals surface area contributed by atoms with Crippen LogP contribution >= 0.6 is 0 Å². The van der Waals surface area contributed by atoms with E-state index in [-0.39, 0.29) is 5.91 Å². The van der Waals surface area contributed by atoms with Gasteiger partial charge in [-0.1, -0.05) is 12.8 Å². The molecule has 0 aromatic heterocycles. The van der Waals surface area contributed by atoms with Crippen molar-refractivity contribution in [2.45, 2.75) is 45.1 Å². The van der Waals surface area contributed by atoms with E-state index in [0.717, 1.165) is 30.3 Å². The highest BCUT2D eigenvalue weighted by atomic mass is 16.2. The fourth-order valence-corrected chi connectivity index (χ4v) is 2.86. The molecule has 0 radical (unpaired) electrons. The van der Waals surface area contributed by atoms with E-state index >= 15 is 0 Å². The molecule has 1 aliphatic carbocycles. The van der Waals surface area contributed by atoms with Gasteiger partial charge in [0.1, 0.15) is 0 Å². The predicted octanol–water partition coefficient (Wildman–Crippen LogP) is 3.41. The summed E-state index contributed by atoms with van der Waals surface area (Å²) >= 11 is 0. The minimum absolute atomic E-state index is 0.253. The van der Waals surface area contributed by atoms with Crippen LogP contribution in [0.5, 0.6) is 0 Å². The van der Waals surface area contributed by atoms with Crippen molar-refractivity contribution < 1.29 is 4.79 Å². The summed E-state index contributed by atoms with van der Waals surface area (Å²) in [5.41, 5.74) is 2.19. The average molecular weight is 258 g/mol. The molecular formula is C16H22N2O. The van der Waals surface area contributed by atoms with Gasteiger partial charge in [0.05, 0.1) is 0 Å². The van der Waals surface area contributed by atoms with Crippen molar-refractivity contribution in [1.82, 2.24) is 0 Å². The van der Waals surface area contributed by atoms with Gasteiger partial charge in [-0.2, -0.15) is 0 Å². The number of anilines is 2. The van der Waals surface area contributed by atoms with Crippen LogP contribution in [0.3, 0.4) is 0 Å². The minimum atomic E-state index is 0.253. The maximum Gasteiger partial charge on any atom is 0.227 e. The molecule has 3 rings (SSSR count). The Hall–Kier alpha value is -1.51. The second-order valence-electron chi connectivity index (χ2n) is 5.92. The van der Waals surface area contributed by atoms with Gasteiger partial charge in [0.25, 0.3) is 0 Å². The Morgan fingerprint density at radius 3 is 2.63 bits per heavy atom. The Kier molecular flexibility index (Phi) is 3.45. The van der Waals surface area contributed by atoms with Crippen molar-refractivity contribution in [1.29, 1.82) is 0 Å². The van der Waals surface area contributed by atoms with Gasteiger partial charge in [-0.3, -0.25) is 4.79 Å². The number of nitrogens with zero attached hydrogens (tertiary/aromatic N) is 1. The Bertz CT molecular complexity index is 450. The van der Waals surface area contributed by atoms with Gasteiger partial charge in [0, 0.05) is 30.4 Å². The summed E-state index contributed by atoms with van der Waals surface area (Å²) in [6.07, 6.45) is 5.76. The van der Waals surface area contributed by atoms with Crippen LogP contribution in [0.15, 0.2) is 24.3 Å². The van der Waals surface area contributed by atoms with Crippen molar-refractivity contribution in [3.63, 3.8) is 0 Å². The summed E-state index contributed by atoms with van der Waals surface area (Å²) in [7, 11) is 0. The number of rotatable bonds is 5. The smallest absolute Gasteiger partial charge is 0.227 e. The molecule has 3 heteroatoms. The number of hydrogen-bond donors (Lipinski definition) is 1. The van der Waals surface area contributed by atoms with Crippen LogP contribution < -0.4 is 10.2 Å². The predicted molar refractivity (Wildman–Crippen MR) is 78.5 cm³/mol. The first kappa shape index (κ1) is 12.5. The lowest BCUT2D eigenvalue weighted by Gasteiger charge is -2.18. The molecule has 1 heterocycles. The summed E-state index contributed by atoms with van der Waals surface area (Å²) in [6.45, 7) is 3.11. The molecule has 1 saturated carbocycles. The standard InChI is InChI=1S/C16H22N2O/c1-12(11-13-4-5-13)17-14-6-8-15(9-7-14)18-10-2-3-16(18)19/h6-9,12-13,17H,2-5,10-11H2,1H3. The Labute approximate surface area is 115 Å². The summed E-state index contributed by atoms with van der Waals surface area (Å²) < 4.78 is 0. The number of amides is 1. The van der Waals surface area contributed by atoms with Gasteiger partial charge < -0.3 is 10.2 Å². The highest BCUT2D eigenvalue weighted by Crippen LogP contribution is 2.34. The van der Waals surface area contributed by atoms with Crippen molar-refractivity contribution in [3.8, 4) is 0 Å². The fraction of sp³-hybridized carbons (Fsp3) is 0.562. The largest absolute Gasteiger partial charge is 0.383 e. The van der Waals surface area contributed by atoms with Gasteiger partial charge in [-0.25, -0.2) is 0 Å². The van der Waals surface area contributed by atoms with Crippen LogP contribution in [0.25, 0.3) is 0 Å². The lowest BCUT2D eigenvalue weighted by Crippen LogP contribution is -2.23. The maximum absolute atomic E-state index is 11.7. The van der Waals surface area contributed by atoms with Gasteiger partial charge in [0.15, 0.2) is 0 Å². The fourth-order valence-electron chi connectivity index (χ4n) is 2.86. The number of hydrogen-bond acceptors (Lipinski definition) is 2. The Balaban J connectivity index is 1.59. The molecule has 1 N–H and O–H groups in total. The lowest BCUT2D eigenvalue weighted by molar-refractivity contribution is -0.117. The van der Waals surface area contributed by atoms with Crippen LogP contribution in [0.4, 0.5) is 11.4 Å². The zero-order valence-corrected chi connectivity index (χ0v) is 11.6. The summed E-state index contributed by atoms with van der Waals surface area (Å²) in [4.78, 5) is 13.6. The highest BCUT2D eigenvalue weighted by Gasteiger charge is 2.24. The van der Waals surface area contributed by atoms with E-state index < -0.39 is 0 Å². The van der Waals surface area contributed by atoms with E-state index in [4.69, 9.17) is 0 Å². The monoisotopic (exact) mass is 258 g/mol. The maximum atomic E-state index is 11.7. The third-order valence-corrected chi connectivity index (χ3v) is 4.05. The zero-order chi connectivity index (χ0) is 13.2. The first-order valence-corrected chi connectivity index (χ1v) is 7.39. The lowest BCUT2D eigenvalue weighted by atomic mass is 10.1. The summed E-state index contributed by atoms with van der Waals surface area (Å²) in [6, 6.07) is 8.81. The van der Waals surface area contributed by atoms with E-state index in [9.17, 15) is 4.79 Å². The van der Waals surface area contributed by atoms with Crippen LogP contribution in [0.1, 0.15) is 39.0 Å². The van der Waals surface area contributed by atoms with Crippen molar-refractivity contribution >= 4 is 17.3 Å². The number of carbonyl (C=O) groups excluding carboxylic acids is 1. The van der Waals surface area contributed by atoms with Crippen LogP contribution in [0, 0.1) is 5.92 Å². The second-order valence-corrected chi connectivity index (χ2v) is 5.92. The molecule has 1 aromatic rings. The zero-order valence-electron chi connectivity index (χ0n) is 11.6. The van der Waals surface area contributed by atoms with E-state index in [2.05, 4.69) is 36.5 Å². The van der Waals surface area contributed by atoms with Crippen molar-refractivity contribution in [2.75, 3.05) is 16.8 Å². The first-order chi connectivity index (χ1) is 9.22. The van der Waals surface area contributed by atoms with E-state index in [1.807, 2.05) is 4.90 Å². The third kappa shape index (κ3) is 3.09. The molecular weight excluding hydrogens is 236 g/mol. The average Bonchev–Trinajstić information content (AvgIpc) is 3.10. The van der Waals surface area contributed by atoms with Gasteiger partial charge >= 0.3 is 0 Å². The number of carbonyl (C=O) groups is 1. The topological polar surface area (TPSA) is 32.3 Å². The summed E-state index contributed by atoms with van der Waals surface area (Å²) in [5, 5.41) is 3.54. The van der Waals surface area contributed by atoms with Crippen LogP contribution in [-0.2, 0) is 4.79 Å². The molecule has 102 valence electrons. The van der Waals surface area contributed by atoms with Crippen molar-refractivity contribution in [3.05, 3.63) is 24.3 Å². The number of nitrogens with one attached hydrogen (secondary N) is 1. The van der Waals surface area contributed by atoms with Gasteiger partial charge in [-0.05, 0) is 49.9 Å². The molecule has 1 aliphatic heterocycles. The van der Waals surface area contributed by atoms with Crippen molar-refractivity contribution in [2.24, 2.45) is 5.92 Å². The molecule has 2 aliphatic rings. The quantitative estimate of drug-likeness (QED) is 0.877.